The van der Waals surface area contributed by atoms with E-state index in [2.05, 4.69) is 13.5 Å². The smallest absolute Gasteiger partial charge is 0.339 e. The Balaban J connectivity index is 1.98. The number of rotatable bonds is 4. The Morgan fingerprint density at radius 1 is 1.53 bits per heavy atom. The molecule has 1 fully saturated rings. The Bertz CT molecular complexity index is 451. The molecule has 2 rings (SSSR count). The van der Waals surface area contributed by atoms with E-state index in [1.54, 1.807) is 18.2 Å². The molecule has 1 aliphatic rings. The monoisotopic (exact) mass is 232 g/mol. The number of benzene rings is 1. The summed E-state index contributed by atoms with van der Waals surface area (Å²) < 4.78 is 5.11. The van der Waals surface area contributed by atoms with Crippen molar-refractivity contribution in [1.29, 1.82) is 0 Å². The van der Waals surface area contributed by atoms with Crippen LogP contribution in [0.2, 0.25) is 0 Å². The first kappa shape index (κ1) is 11.7. The van der Waals surface area contributed by atoms with E-state index in [9.17, 15) is 9.90 Å². The zero-order chi connectivity index (χ0) is 12.4. The first-order chi connectivity index (χ1) is 8.13. The summed E-state index contributed by atoms with van der Waals surface area (Å²) in [4.78, 5) is 11.8. The maximum absolute atomic E-state index is 11.8. The van der Waals surface area contributed by atoms with Crippen molar-refractivity contribution in [1.82, 2.24) is 0 Å². The summed E-state index contributed by atoms with van der Waals surface area (Å²) in [6.07, 6.45) is 2.08. The Kier molecular flexibility index (Phi) is 3.18. The van der Waals surface area contributed by atoms with Gasteiger partial charge in [0.1, 0.15) is 0 Å². The number of carbonyl (C=O) groups is 1. The van der Waals surface area contributed by atoms with Gasteiger partial charge in [-0.15, -0.1) is 0 Å². The third kappa shape index (κ3) is 2.49. The number of hydrogen-bond donors (Lipinski definition) is 1. The fraction of sp³-hybridized carbons (Fsp3) is 0.357. The molecule has 90 valence electrons. The molecule has 0 amide bonds. The van der Waals surface area contributed by atoms with E-state index in [4.69, 9.17) is 4.74 Å². The van der Waals surface area contributed by atoms with E-state index in [0.29, 0.717) is 11.5 Å². The van der Waals surface area contributed by atoms with Gasteiger partial charge in [0.15, 0.2) is 11.5 Å². The van der Waals surface area contributed by atoms with E-state index in [0.717, 1.165) is 12.8 Å². The van der Waals surface area contributed by atoms with Gasteiger partial charge in [-0.25, -0.2) is 4.79 Å². The topological polar surface area (TPSA) is 46.5 Å². The van der Waals surface area contributed by atoms with Crippen molar-refractivity contribution in [3.8, 4) is 11.5 Å². The molecule has 1 aliphatic carbocycles. The molecule has 1 aromatic carbocycles. The zero-order valence-corrected chi connectivity index (χ0v) is 9.85. The molecule has 0 aliphatic heterocycles. The number of hydrogen-bond acceptors (Lipinski definition) is 3. The summed E-state index contributed by atoms with van der Waals surface area (Å²) in [5.74, 6) is 0.550. The van der Waals surface area contributed by atoms with Gasteiger partial charge in [0.25, 0.3) is 0 Å². The molecular formula is C14H16O3. The van der Waals surface area contributed by atoms with Crippen LogP contribution in [-0.2, 0) is 4.79 Å². The van der Waals surface area contributed by atoms with Crippen LogP contribution >= 0.6 is 0 Å². The number of carbonyl (C=O) groups excluding carboxylic acids is 1. The summed E-state index contributed by atoms with van der Waals surface area (Å²) in [6, 6.07) is 6.43. The Hall–Kier alpha value is -1.77. The van der Waals surface area contributed by atoms with Gasteiger partial charge in [0, 0.05) is 5.57 Å². The highest BCUT2D eigenvalue weighted by atomic mass is 16.5. The van der Waals surface area contributed by atoms with Crippen molar-refractivity contribution in [2.24, 2.45) is 11.8 Å². The minimum absolute atomic E-state index is 0.0310. The highest BCUT2D eigenvalue weighted by Gasteiger charge is 2.40. The molecule has 1 saturated carbocycles. The van der Waals surface area contributed by atoms with Crippen molar-refractivity contribution in [2.75, 3.05) is 0 Å². The third-order valence-electron chi connectivity index (χ3n) is 3.22. The molecule has 1 aromatic rings. The Morgan fingerprint density at radius 2 is 2.24 bits per heavy atom. The number of esters is 1. The molecule has 3 nitrogen and oxygen atoms in total. The standard InChI is InChI=1S/C14H16O3/c1-3-10-8-11(10)9(2)14(16)17-13-7-5-4-6-12(13)15/h4-7,10-11,15H,2-3,8H2,1H3. The van der Waals surface area contributed by atoms with Crippen LogP contribution in [0, 0.1) is 11.8 Å². The lowest BCUT2D eigenvalue weighted by Crippen LogP contribution is -2.12. The van der Waals surface area contributed by atoms with Crippen molar-refractivity contribution in [3.05, 3.63) is 36.4 Å². The molecule has 3 heteroatoms. The average Bonchev–Trinajstić information content (AvgIpc) is 3.10. The number of phenolic OH excluding ortho intramolecular Hbond substituents is 1. The highest BCUT2D eigenvalue weighted by Crippen LogP contribution is 2.46. The van der Waals surface area contributed by atoms with Gasteiger partial charge < -0.3 is 9.84 Å². The van der Waals surface area contributed by atoms with Gasteiger partial charge in [-0.1, -0.05) is 32.1 Å². The van der Waals surface area contributed by atoms with Gasteiger partial charge in [-0.2, -0.15) is 0 Å². The predicted molar refractivity (Wildman–Crippen MR) is 64.8 cm³/mol. The molecule has 0 saturated heterocycles. The summed E-state index contributed by atoms with van der Waals surface area (Å²) in [5, 5.41) is 9.49. The molecular weight excluding hydrogens is 216 g/mol. The van der Waals surface area contributed by atoms with E-state index < -0.39 is 5.97 Å². The minimum atomic E-state index is -0.438. The summed E-state index contributed by atoms with van der Waals surface area (Å²) in [6.45, 7) is 5.89. The molecule has 2 atom stereocenters. The van der Waals surface area contributed by atoms with Gasteiger partial charge in [-0.3, -0.25) is 0 Å². The van der Waals surface area contributed by atoms with Crippen molar-refractivity contribution in [2.45, 2.75) is 19.8 Å². The van der Waals surface area contributed by atoms with Crippen LogP contribution in [-0.4, -0.2) is 11.1 Å². The normalized spacial score (nSPS) is 21.9. The Labute approximate surface area is 101 Å². The van der Waals surface area contributed by atoms with Crippen molar-refractivity contribution in [3.63, 3.8) is 0 Å². The molecule has 0 bridgehead atoms. The predicted octanol–water partition coefficient (Wildman–Crippen LogP) is 2.90. The summed E-state index contributed by atoms with van der Waals surface area (Å²) in [5.41, 5.74) is 0.514. The van der Waals surface area contributed by atoms with Crippen molar-refractivity contribution < 1.29 is 14.6 Å². The second kappa shape index (κ2) is 4.62. The largest absolute Gasteiger partial charge is 0.504 e. The fourth-order valence-corrected chi connectivity index (χ4v) is 1.99. The molecule has 2 unspecified atom stereocenters. The van der Waals surface area contributed by atoms with Crippen LogP contribution in [0.15, 0.2) is 36.4 Å². The lowest BCUT2D eigenvalue weighted by Gasteiger charge is -2.07. The second-order valence-electron chi connectivity index (χ2n) is 4.39. The molecule has 0 spiro atoms. The van der Waals surface area contributed by atoms with Crippen LogP contribution in [0.25, 0.3) is 0 Å². The van der Waals surface area contributed by atoms with Crippen LogP contribution in [0.3, 0.4) is 0 Å². The maximum atomic E-state index is 11.8. The highest BCUT2D eigenvalue weighted by molar-refractivity contribution is 5.91. The van der Waals surface area contributed by atoms with Gasteiger partial charge in [0.05, 0.1) is 0 Å². The fourth-order valence-electron chi connectivity index (χ4n) is 1.99. The average molecular weight is 232 g/mol. The lowest BCUT2D eigenvalue weighted by atomic mass is 10.1. The molecule has 0 heterocycles. The molecule has 1 N–H and O–H groups in total. The van der Waals surface area contributed by atoms with E-state index in [1.165, 1.54) is 6.07 Å². The summed E-state index contributed by atoms with van der Waals surface area (Å²) in [7, 11) is 0. The Morgan fingerprint density at radius 3 is 2.82 bits per heavy atom. The van der Waals surface area contributed by atoms with Crippen LogP contribution in [0.4, 0.5) is 0 Å². The quantitative estimate of drug-likeness (QED) is 0.493. The molecule has 17 heavy (non-hydrogen) atoms. The summed E-state index contributed by atoms with van der Waals surface area (Å²) >= 11 is 0. The van der Waals surface area contributed by atoms with Crippen molar-refractivity contribution >= 4 is 5.97 Å². The third-order valence-corrected chi connectivity index (χ3v) is 3.22. The molecule has 0 aromatic heterocycles. The van der Waals surface area contributed by atoms with Crippen LogP contribution < -0.4 is 4.74 Å². The van der Waals surface area contributed by atoms with Crippen LogP contribution in [0.5, 0.6) is 11.5 Å². The van der Waals surface area contributed by atoms with E-state index >= 15 is 0 Å². The maximum Gasteiger partial charge on any atom is 0.339 e. The second-order valence-corrected chi connectivity index (χ2v) is 4.39. The SMILES string of the molecule is C=C(C(=O)Oc1ccccc1O)C1CC1CC. The van der Waals surface area contributed by atoms with E-state index in [-0.39, 0.29) is 17.4 Å². The number of phenols is 1. The zero-order valence-electron chi connectivity index (χ0n) is 9.85. The number of aromatic hydroxyl groups is 1. The first-order valence-corrected chi connectivity index (χ1v) is 5.82. The minimum Gasteiger partial charge on any atom is -0.504 e. The number of para-hydroxylation sites is 2. The lowest BCUT2D eigenvalue weighted by molar-refractivity contribution is -0.130. The molecule has 0 radical (unpaired) electrons. The van der Waals surface area contributed by atoms with Gasteiger partial charge in [0.2, 0.25) is 0 Å². The van der Waals surface area contributed by atoms with E-state index in [1.807, 2.05) is 0 Å². The van der Waals surface area contributed by atoms with Gasteiger partial charge in [-0.05, 0) is 30.4 Å². The number of ether oxygens (including phenoxy) is 1. The van der Waals surface area contributed by atoms with Crippen LogP contribution in [0.1, 0.15) is 19.8 Å². The van der Waals surface area contributed by atoms with Gasteiger partial charge >= 0.3 is 5.97 Å². The first-order valence-electron chi connectivity index (χ1n) is 5.82.